The Morgan fingerprint density at radius 3 is 1.14 bits per heavy atom. The van der Waals surface area contributed by atoms with E-state index in [2.05, 4.69) is 60.5 Å². The molecule has 0 aliphatic carbocycles. The van der Waals surface area contributed by atoms with Crippen LogP contribution >= 0.6 is 0 Å². The Labute approximate surface area is 427 Å². The summed E-state index contributed by atoms with van der Waals surface area (Å²) in [4.78, 5) is 86.0. The minimum atomic E-state index is -0.606. The third-order valence-electron chi connectivity index (χ3n) is 13.3. The molecule has 3 fully saturated rings. The maximum atomic E-state index is 13.8. The summed E-state index contributed by atoms with van der Waals surface area (Å²) in [6, 6.07) is 1.45. The zero-order valence-electron chi connectivity index (χ0n) is 44.0. The molecule has 408 valence electrons. The number of hydrogen-bond donors (Lipinski definition) is 1. The molecule has 0 aromatic carbocycles. The third kappa shape index (κ3) is 24.1. The van der Waals surface area contributed by atoms with E-state index in [-0.39, 0.29) is 56.5 Å². The molecule has 4 rings (SSSR count). The number of unbranched alkanes of at least 4 members (excludes halogenated alkanes) is 11. The van der Waals surface area contributed by atoms with E-state index in [0.717, 1.165) is 64.6 Å². The summed E-state index contributed by atoms with van der Waals surface area (Å²) in [5.41, 5.74) is -1.81. The van der Waals surface area contributed by atoms with Crippen molar-refractivity contribution in [2.24, 2.45) is 0 Å². The van der Waals surface area contributed by atoms with Crippen LogP contribution in [-0.4, -0.2) is 168 Å². The van der Waals surface area contributed by atoms with Crippen molar-refractivity contribution in [3.63, 3.8) is 0 Å². The van der Waals surface area contributed by atoms with Crippen LogP contribution in [0.15, 0.2) is 52.3 Å². The number of nitrogens with zero attached hydrogens (tertiary/aromatic N) is 6. The number of carbonyl (C=O) groups excluding carboxylic acids is 3. The normalized spacial score (nSPS) is 21.0. The van der Waals surface area contributed by atoms with Gasteiger partial charge in [0.15, 0.2) is 0 Å². The predicted molar refractivity (Wildman–Crippen MR) is 277 cm³/mol. The summed E-state index contributed by atoms with van der Waals surface area (Å²) < 4.78 is 37.4. The Hall–Kier alpha value is -4.40. The highest BCUT2D eigenvalue weighted by atomic mass is 16.6. The van der Waals surface area contributed by atoms with Crippen molar-refractivity contribution >= 4 is 18.0 Å². The number of amides is 1. The number of ether oxygens (including phenoxy) is 6. The van der Waals surface area contributed by atoms with E-state index in [4.69, 9.17) is 28.4 Å². The van der Waals surface area contributed by atoms with Crippen molar-refractivity contribution in [1.82, 2.24) is 33.7 Å². The summed E-state index contributed by atoms with van der Waals surface area (Å²) in [5.74, 6) is -0.496. The first-order valence-electron chi connectivity index (χ1n) is 26.9. The fourth-order valence-electron chi connectivity index (χ4n) is 8.66. The minimum absolute atomic E-state index is 0.164. The lowest BCUT2D eigenvalue weighted by atomic mass is 10.1. The van der Waals surface area contributed by atoms with Gasteiger partial charge in [-0.3, -0.25) is 24.3 Å². The molecule has 19 heteroatoms. The second-order valence-electron chi connectivity index (χ2n) is 19.8. The number of nitrogens with one attached hydrogen (secondary N) is 1. The topological polar surface area (TPSA) is 194 Å². The summed E-state index contributed by atoms with van der Waals surface area (Å²) in [6.07, 6.45) is 13.9. The lowest BCUT2D eigenvalue weighted by molar-refractivity contribution is -0.153. The Balaban J connectivity index is 1.23. The Morgan fingerprint density at radius 2 is 0.806 bits per heavy atom. The van der Waals surface area contributed by atoms with Crippen LogP contribution in [-0.2, 0) is 57.6 Å². The number of esters is 2. The zero-order chi connectivity index (χ0) is 52.1. The van der Waals surface area contributed by atoms with Crippen LogP contribution < -0.4 is 22.4 Å². The van der Waals surface area contributed by atoms with E-state index in [1.807, 2.05) is 0 Å². The lowest BCUT2D eigenvalue weighted by Crippen LogP contribution is -2.54. The summed E-state index contributed by atoms with van der Waals surface area (Å²) in [5, 5.41) is 2.82. The molecule has 3 aliphatic heterocycles. The molecule has 19 nitrogen and oxygen atoms in total. The number of alkyl carbamates (subject to hydrolysis) is 1. The van der Waals surface area contributed by atoms with Gasteiger partial charge in [-0.1, -0.05) is 69.6 Å². The van der Waals surface area contributed by atoms with Gasteiger partial charge in [0.25, 0.3) is 0 Å². The molecule has 1 aromatic heterocycles. The number of hydrogen-bond acceptors (Lipinski definition) is 15. The maximum absolute atomic E-state index is 13.8. The van der Waals surface area contributed by atoms with Gasteiger partial charge in [0, 0.05) is 96.4 Å². The Morgan fingerprint density at radius 1 is 0.500 bits per heavy atom. The van der Waals surface area contributed by atoms with Crippen LogP contribution in [0.4, 0.5) is 4.79 Å². The van der Waals surface area contributed by atoms with Gasteiger partial charge < -0.3 is 33.7 Å². The van der Waals surface area contributed by atoms with Gasteiger partial charge in [-0.25, -0.2) is 32.9 Å². The van der Waals surface area contributed by atoms with Gasteiger partial charge in [0.1, 0.15) is 18.3 Å². The van der Waals surface area contributed by atoms with Gasteiger partial charge in [-0.2, -0.15) is 0 Å². The molecule has 3 saturated heterocycles. The molecule has 0 spiro atoms. The van der Waals surface area contributed by atoms with E-state index in [1.54, 1.807) is 18.2 Å². The summed E-state index contributed by atoms with van der Waals surface area (Å²) in [6.45, 7) is 25.3. The molecule has 72 heavy (non-hydrogen) atoms. The van der Waals surface area contributed by atoms with Gasteiger partial charge >= 0.3 is 35.1 Å². The highest BCUT2D eigenvalue weighted by Crippen LogP contribution is 2.20. The second-order valence-corrected chi connectivity index (χ2v) is 19.8. The molecular formula is C53H89N7O12. The van der Waals surface area contributed by atoms with E-state index in [1.165, 1.54) is 13.7 Å². The van der Waals surface area contributed by atoms with E-state index in [0.29, 0.717) is 135 Å². The molecule has 9 atom stereocenters. The zero-order valence-corrected chi connectivity index (χ0v) is 44.0. The number of aromatic nitrogens is 3. The van der Waals surface area contributed by atoms with Crippen LogP contribution in [0, 0.1) is 0 Å². The molecule has 0 bridgehead atoms. The third-order valence-corrected chi connectivity index (χ3v) is 13.3. The molecule has 1 N–H and O–H groups in total. The largest absolute Gasteiger partial charge is 0.459 e. The SMILES string of the molecule is C=CCOCC(CN1CC1C)OC(=O)CCCCCCCn1c(=O)n(CCCCCCCC(=O)OC(COCC=C)CN2CC2C)c(=O)n(CCCCCCNC(=O)OC(COCC=C)CN2CC2C)c1=O. The van der Waals surface area contributed by atoms with Crippen LogP contribution in [0.2, 0.25) is 0 Å². The van der Waals surface area contributed by atoms with Crippen LogP contribution in [0.1, 0.15) is 124 Å². The molecule has 0 saturated carbocycles. The monoisotopic (exact) mass is 1020 g/mol. The molecular weight excluding hydrogens is 927 g/mol. The van der Waals surface area contributed by atoms with Crippen molar-refractivity contribution < 1.29 is 42.8 Å². The summed E-state index contributed by atoms with van der Waals surface area (Å²) >= 11 is 0. The Kier molecular flexibility index (Phi) is 28.5. The number of carbonyl (C=O) groups is 3. The van der Waals surface area contributed by atoms with Gasteiger partial charge in [0.2, 0.25) is 0 Å². The Bertz CT molecular complexity index is 1740. The first kappa shape index (κ1) is 60.2. The lowest BCUT2D eigenvalue weighted by Gasteiger charge is -2.19. The predicted octanol–water partition coefficient (Wildman–Crippen LogP) is 5.05. The standard InChI is InChI=1S/C53H89N7O12/c1-7-30-67-39-45(36-55-33-42(55)4)70-48(61)24-18-12-10-15-21-27-58-51(64)59(28-22-16-11-13-19-25-49(62)71-46(40-68-31-8-2)37-56-34-43(56)5)53(66)60(52(58)65)29-23-17-14-20-26-54-50(63)72-47(41-69-32-9-3)38-57-35-44(57)6/h7-9,42-47H,1-3,10-41H2,4-6H3,(H,54,63). The average molecular weight is 1020 g/mol. The van der Waals surface area contributed by atoms with Crippen molar-refractivity contribution in [2.75, 3.05) is 85.5 Å². The molecule has 9 unspecified atom stereocenters. The van der Waals surface area contributed by atoms with Crippen molar-refractivity contribution in [3.05, 3.63) is 69.4 Å². The molecule has 0 radical (unpaired) electrons. The van der Waals surface area contributed by atoms with Crippen molar-refractivity contribution in [1.29, 1.82) is 0 Å². The van der Waals surface area contributed by atoms with E-state index < -0.39 is 23.2 Å². The van der Waals surface area contributed by atoms with Crippen LogP contribution in [0.25, 0.3) is 0 Å². The highest BCUT2D eigenvalue weighted by molar-refractivity contribution is 5.70. The fraction of sp³-hybridized carbons (Fsp3) is 0.774. The van der Waals surface area contributed by atoms with Crippen molar-refractivity contribution in [2.45, 2.75) is 180 Å². The van der Waals surface area contributed by atoms with Crippen molar-refractivity contribution in [3.8, 4) is 0 Å². The first-order valence-corrected chi connectivity index (χ1v) is 26.9. The maximum Gasteiger partial charge on any atom is 0.407 e. The number of rotatable bonds is 44. The summed E-state index contributed by atoms with van der Waals surface area (Å²) in [7, 11) is 0. The smallest absolute Gasteiger partial charge is 0.407 e. The van der Waals surface area contributed by atoms with Gasteiger partial charge in [0.05, 0.1) is 39.6 Å². The average Bonchev–Trinajstić information content (AvgIpc) is 4.32. The van der Waals surface area contributed by atoms with Crippen LogP contribution in [0.5, 0.6) is 0 Å². The van der Waals surface area contributed by atoms with E-state index >= 15 is 0 Å². The molecule has 1 amide bonds. The second kappa shape index (κ2) is 34.2. The fourth-order valence-corrected chi connectivity index (χ4v) is 8.66. The van der Waals surface area contributed by atoms with Gasteiger partial charge in [-0.05, 0) is 59.3 Å². The van der Waals surface area contributed by atoms with E-state index in [9.17, 15) is 28.8 Å². The molecule has 4 heterocycles. The first-order chi connectivity index (χ1) is 34.8. The highest BCUT2D eigenvalue weighted by Gasteiger charge is 2.34. The minimum Gasteiger partial charge on any atom is -0.459 e. The molecule has 1 aromatic rings. The molecule has 3 aliphatic rings. The van der Waals surface area contributed by atoms with Gasteiger partial charge in [-0.15, -0.1) is 19.7 Å². The quantitative estimate of drug-likeness (QED) is 0.0300. The van der Waals surface area contributed by atoms with Crippen LogP contribution in [0.3, 0.4) is 0 Å².